The quantitative estimate of drug-likeness (QED) is 0.885. The van der Waals surface area contributed by atoms with E-state index in [2.05, 4.69) is 20.4 Å². The van der Waals surface area contributed by atoms with Crippen molar-refractivity contribution in [2.75, 3.05) is 25.0 Å². The molecule has 2 fully saturated rings. The number of carbonyl (C=O) groups is 1. The Bertz CT molecular complexity index is 779. The number of amides is 1. The van der Waals surface area contributed by atoms with Crippen molar-refractivity contribution in [2.45, 2.75) is 51.2 Å². The molecule has 144 valence electrons. The van der Waals surface area contributed by atoms with Crippen molar-refractivity contribution in [3.63, 3.8) is 0 Å². The highest BCUT2D eigenvalue weighted by atomic mass is 16.5. The van der Waals surface area contributed by atoms with Gasteiger partial charge in [-0.3, -0.25) is 4.79 Å². The topological polar surface area (TPSA) is 93.4 Å². The van der Waals surface area contributed by atoms with Gasteiger partial charge in [-0.1, -0.05) is 5.16 Å². The number of anilines is 1. The molecule has 1 N–H and O–H groups in total. The van der Waals surface area contributed by atoms with Crippen molar-refractivity contribution >= 4 is 11.9 Å². The van der Waals surface area contributed by atoms with Gasteiger partial charge in [0.25, 0.3) is 5.91 Å². The minimum Gasteiger partial charge on any atom is -0.375 e. The lowest BCUT2D eigenvalue weighted by Gasteiger charge is -2.46. The summed E-state index contributed by atoms with van der Waals surface area (Å²) in [4.78, 5) is 23.2. The third kappa shape index (κ3) is 3.66. The first kappa shape index (κ1) is 17.9. The van der Waals surface area contributed by atoms with E-state index in [9.17, 15) is 4.79 Å². The number of likely N-dealkylation sites (tertiary alicyclic amines) is 1. The summed E-state index contributed by atoms with van der Waals surface area (Å²) in [7, 11) is 0. The van der Waals surface area contributed by atoms with Crippen LogP contribution in [-0.2, 0) is 4.74 Å². The summed E-state index contributed by atoms with van der Waals surface area (Å²) >= 11 is 0. The van der Waals surface area contributed by atoms with Crippen molar-refractivity contribution in [2.24, 2.45) is 0 Å². The van der Waals surface area contributed by atoms with Gasteiger partial charge >= 0.3 is 0 Å². The molecule has 0 unspecified atom stereocenters. The Morgan fingerprint density at radius 3 is 2.67 bits per heavy atom. The molecule has 1 atom stereocenters. The zero-order valence-corrected chi connectivity index (χ0v) is 15.8. The molecule has 0 bridgehead atoms. The number of nitrogens with zero attached hydrogens (tertiary/aromatic N) is 4. The van der Waals surface area contributed by atoms with Crippen LogP contribution in [-0.4, -0.2) is 57.3 Å². The molecule has 4 heterocycles. The predicted molar refractivity (Wildman–Crippen MR) is 98.5 cm³/mol. The number of ether oxygens (including phenoxy) is 1. The van der Waals surface area contributed by atoms with Crippen LogP contribution in [0.15, 0.2) is 23.0 Å². The molecular formula is C19H25N5O3. The number of rotatable bonds is 3. The van der Waals surface area contributed by atoms with Gasteiger partial charge in [0.05, 0.1) is 11.3 Å². The van der Waals surface area contributed by atoms with E-state index in [4.69, 9.17) is 9.26 Å². The second kappa shape index (κ2) is 7.26. The molecule has 8 heteroatoms. The largest absolute Gasteiger partial charge is 0.375 e. The third-order valence-corrected chi connectivity index (χ3v) is 5.60. The predicted octanol–water partition coefficient (Wildman–Crippen LogP) is 2.35. The van der Waals surface area contributed by atoms with Crippen LogP contribution in [0.4, 0.5) is 5.95 Å². The zero-order valence-electron chi connectivity index (χ0n) is 15.8. The van der Waals surface area contributed by atoms with Crippen LogP contribution in [0.1, 0.15) is 47.5 Å². The maximum atomic E-state index is 12.8. The summed E-state index contributed by atoms with van der Waals surface area (Å²) in [6.45, 7) is 5.66. The fourth-order valence-corrected chi connectivity index (χ4v) is 4.12. The summed E-state index contributed by atoms with van der Waals surface area (Å²) in [6, 6.07) is 2.09. The van der Waals surface area contributed by atoms with E-state index in [-0.39, 0.29) is 17.6 Å². The minimum absolute atomic E-state index is 0.00395. The third-order valence-electron chi connectivity index (χ3n) is 5.60. The van der Waals surface area contributed by atoms with Gasteiger partial charge in [0.15, 0.2) is 0 Å². The lowest BCUT2D eigenvalue weighted by Crippen LogP contribution is -2.52. The van der Waals surface area contributed by atoms with Crippen LogP contribution in [0, 0.1) is 13.8 Å². The molecule has 2 aliphatic heterocycles. The van der Waals surface area contributed by atoms with Gasteiger partial charge in [-0.05, 0) is 45.6 Å². The highest BCUT2D eigenvalue weighted by Crippen LogP contribution is 2.36. The molecular weight excluding hydrogens is 346 g/mol. The van der Waals surface area contributed by atoms with Crippen LogP contribution in [0.3, 0.4) is 0 Å². The Morgan fingerprint density at radius 2 is 2.00 bits per heavy atom. The normalized spacial score (nSPS) is 22.0. The van der Waals surface area contributed by atoms with Crippen molar-refractivity contribution in [3.8, 4) is 0 Å². The van der Waals surface area contributed by atoms with Crippen molar-refractivity contribution in [3.05, 3.63) is 35.5 Å². The standard InChI is InChI=1S/C19H25N5O3/c1-13-16(14(2)27-23-13)17(25)24-9-5-19(6-10-24)12-15(4-11-26-19)22-18-20-7-3-8-21-18/h3,7-8,15H,4-6,9-12H2,1-2H3,(H,20,21,22)/t15-/m0/s1. The first-order chi connectivity index (χ1) is 13.1. The van der Waals surface area contributed by atoms with E-state index in [1.165, 1.54) is 0 Å². The van der Waals surface area contributed by atoms with Gasteiger partial charge in [0.2, 0.25) is 5.95 Å². The van der Waals surface area contributed by atoms with E-state index in [0.717, 1.165) is 25.7 Å². The van der Waals surface area contributed by atoms with Gasteiger partial charge in [0.1, 0.15) is 11.3 Å². The number of aromatic nitrogens is 3. The number of hydrogen-bond donors (Lipinski definition) is 1. The fraction of sp³-hybridized carbons (Fsp3) is 0.579. The number of piperidine rings is 1. The molecule has 2 aromatic heterocycles. The Morgan fingerprint density at radius 1 is 1.26 bits per heavy atom. The average molecular weight is 371 g/mol. The van der Waals surface area contributed by atoms with Gasteiger partial charge < -0.3 is 19.5 Å². The number of aryl methyl sites for hydroxylation is 2. The first-order valence-electron chi connectivity index (χ1n) is 9.46. The van der Waals surface area contributed by atoms with Gasteiger partial charge in [-0.2, -0.15) is 0 Å². The number of nitrogens with one attached hydrogen (secondary N) is 1. The zero-order chi connectivity index (χ0) is 18.9. The summed E-state index contributed by atoms with van der Waals surface area (Å²) in [5, 5.41) is 7.32. The van der Waals surface area contributed by atoms with Crippen LogP contribution >= 0.6 is 0 Å². The van der Waals surface area contributed by atoms with Gasteiger partial charge in [-0.15, -0.1) is 0 Å². The fourth-order valence-electron chi connectivity index (χ4n) is 4.12. The molecule has 0 radical (unpaired) electrons. The molecule has 0 aromatic carbocycles. The number of hydrogen-bond acceptors (Lipinski definition) is 7. The molecule has 2 saturated heterocycles. The number of carbonyl (C=O) groups excluding carboxylic acids is 1. The molecule has 1 amide bonds. The molecule has 8 nitrogen and oxygen atoms in total. The Labute approximate surface area is 158 Å². The van der Waals surface area contributed by atoms with E-state index in [1.54, 1.807) is 26.2 Å². The molecule has 0 saturated carbocycles. The molecule has 4 rings (SSSR count). The minimum atomic E-state index is -0.180. The monoisotopic (exact) mass is 371 g/mol. The Hall–Kier alpha value is -2.48. The van der Waals surface area contributed by atoms with Crippen molar-refractivity contribution < 1.29 is 14.1 Å². The maximum Gasteiger partial charge on any atom is 0.259 e. The molecule has 2 aromatic rings. The van der Waals surface area contributed by atoms with E-state index in [0.29, 0.717) is 42.7 Å². The van der Waals surface area contributed by atoms with Gasteiger partial charge in [-0.25, -0.2) is 9.97 Å². The Kier molecular flexibility index (Phi) is 4.82. The van der Waals surface area contributed by atoms with E-state index >= 15 is 0 Å². The van der Waals surface area contributed by atoms with Gasteiger partial charge in [0, 0.05) is 38.1 Å². The van der Waals surface area contributed by atoms with Crippen LogP contribution in [0.2, 0.25) is 0 Å². The summed E-state index contributed by atoms with van der Waals surface area (Å²) in [5.41, 5.74) is 1.07. The maximum absolute atomic E-state index is 12.8. The van der Waals surface area contributed by atoms with E-state index < -0.39 is 0 Å². The summed E-state index contributed by atoms with van der Waals surface area (Å²) in [6.07, 6.45) is 6.97. The summed E-state index contributed by atoms with van der Waals surface area (Å²) in [5.74, 6) is 1.24. The molecule has 1 spiro atoms. The van der Waals surface area contributed by atoms with Crippen LogP contribution in [0.5, 0.6) is 0 Å². The van der Waals surface area contributed by atoms with Crippen LogP contribution < -0.4 is 5.32 Å². The second-order valence-corrected chi connectivity index (χ2v) is 7.43. The van der Waals surface area contributed by atoms with E-state index in [1.807, 2.05) is 11.0 Å². The van der Waals surface area contributed by atoms with Crippen molar-refractivity contribution in [1.29, 1.82) is 0 Å². The SMILES string of the molecule is Cc1noc(C)c1C(=O)N1CCC2(CC1)C[C@@H](Nc1ncccn1)CCO2. The highest BCUT2D eigenvalue weighted by Gasteiger charge is 2.42. The smallest absolute Gasteiger partial charge is 0.259 e. The second-order valence-electron chi connectivity index (χ2n) is 7.43. The van der Waals surface area contributed by atoms with Crippen LogP contribution in [0.25, 0.3) is 0 Å². The van der Waals surface area contributed by atoms with Crippen molar-refractivity contribution in [1.82, 2.24) is 20.0 Å². The summed E-state index contributed by atoms with van der Waals surface area (Å²) < 4.78 is 11.3. The Balaban J connectivity index is 1.38. The molecule has 27 heavy (non-hydrogen) atoms. The average Bonchev–Trinajstić information content (AvgIpc) is 3.01. The molecule has 2 aliphatic rings. The highest BCUT2D eigenvalue weighted by molar-refractivity contribution is 5.96. The molecule has 0 aliphatic carbocycles. The first-order valence-corrected chi connectivity index (χ1v) is 9.46. The lowest BCUT2D eigenvalue weighted by atomic mass is 9.82. The lowest BCUT2D eigenvalue weighted by molar-refractivity contribution is -0.110.